The van der Waals surface area contributed by atoms with Gasteiger partial charge in [0.05, 0.1) is 5.92 Å². The molecule has 0 unspecified atom stereocenters. The molecule has 4 nitrogen and oxygen atoms in total. The topological polar surface area (TPSA) is 39.3 Å². The second-order valence-electron chi connectivity index (χ2n) is 9.06. The number of aromatic amines is 1. The standard InChI is InChI=1S/C20H25N3O.C6H12/c1-4-23(5-2)20(24)14-9-16-15-7-6-8-17-19(15)13(11-21-17)10-18(16)22(3)12-14;1-2-4-6-5-3-1/h6-9,11,14,18,21H,4-5,10,12H2,1-3H3;1-6H2/t14-,18-;/m1./s1. The van der Waals surface area contributed by atoms with E-state index in [2.05, 4.69) is 61.3 Å². The van der Waals surface area contributed by atoms with Crippen LogP contribution in [0, 0.1) is 5.92 Å². The lowest BCUT2D eigenvalue weighted by Gasteiger charge is -2.40. The van der Waals surface area contributed by atoms with Gasteiger partial charge in [0.25, 0.3) is 0 Å². The van der Waals surface area contributed by atoms with E-state index in [1.54, 1.807) is 0 Å². The fraction of sp³-hybridized carbons (Fsp3) is 0.577. The number of amides is 1. The predicted octanol–water partition coefficient (Wildman–Crippen LogP) is 5.25. The number of likely N-dealkylation sites (N-methyl/N-ethyl adjacent to an activating group) is 1. The third-order valence-corrected chi connectivity index (χ3v) is 7.16. The Morgan fingerprint density at radius 1 is 1.10 bits per heavy atom. The van der Waals surface area contributed by atoms with Crippen molar-refractivity contribution in [3.8, 4) is 0 Å². The van der Waals surface area contributed by atoms with Crippen molar-refractivity contribution in [2.75, 3.05) is 26.7 Å². The van der Waals surface area contributed by atoms with E-state index in [0.717, 1.165) is 26.1 Å². The molecule has 2 aromatic rings. The Morgan fingerprint density at radius 3 is 2.40 bits per heavy atom. The summed E-state index contributed by atoms with van der Waals surface area (Å²) in [6, 6.07) is 6.82. The third kappa shape index (κ3) is 4.07. The molecule has 2 atom stereocenters. The van der Waals surface area contributed by atoms with Gasteiger partial charge in [-0.1, -0.05) is 56.7 Å². The summed E-state index contributed by atoms with van der Waals surface area (Å²) in [5.41, 5.74) is 5.21. The van der Waals surface area contributed by atoms with E-state index in [9.17, 15) is 4.79 Å². The molecule has 1 aromatic heterocycles. The van der Waals surface area contributed by atoms with Crippen LogP contribution in [0.3, 0.4) is 0 Å². The summed E-state index contributed by atoms with van der Waals surface area (Å²) in [6.07, 6.45) is 14.4. The van der Waals surface area contributed by atoms with E-state index in [0.29, 0.717) is 6.04 Å². The lowest BCUT2D eigenvalue weighted by Crippen LogP contribution is -2.47. The van der Waals surface area contributed by atoms with Crippen molar-refractivity contribution in [1.82, 2.24) is 14.8 Å². The molecule has 0 spiro atoms. The van der Waals surface area contributed by atoms with Crippen LogP contribution in [0.15, 0.2) is 30.5 Å². The third-order valence-electron chi connectivity index (χ3n) is 7.16. The number of fused-ring (bicyclic) bond motifs is 2. The molecule has 2 heterocycles. The Kier molecular flexibility index (Phi) is 6.62. The number of hydrogen-bond donors (Lipinski definition) is 1. The molecule has 1 amide bonds. The molecule has 162 valence electrons. The molecule has 1 aromatic carbocycles. The minimum atomic E-state index is -0.0445. The number of rotatable bonds is 3. The van der Waals surface area contributed by atoms with Gasteiger partial charge in [-0.05, 0) is 50.1 Å². The van der Waals surface area contributed by atoms with Crippen LogP contribution in [0.5, 0.6) is 0 Å². The molecule has 1 fully saturated rings. The predicted molar refractivity (Wildman–Crippen MR) is 126 cm³/mol. The molecule has 5 rings (SSSR count). The zero-order valence-corrected chi connectivity index (χ0v) is 18.9. The minimum Gasteiger partial charge on any atom is -0.361 e. The number of benzene rings is 1. The Balaban J connectivity index is 0.000000313. The first-order valence-electron chi connectivity index (χ1n) is 11.9. The molecule has 3 aliphatic rings. The Bertz CT molecular complexity index is 893. The normalized spacial score (nSPS) is 23.2. The monoisotopic (exact) mass is 407 g/mol. The van der Waals surface area contributed by atoms with Crippen LogP contribution in [-0.2, 0) is 11.2 Å². The summed E-state index contributed by atoms with van der Waals surface area (Å²) in [5.74, 6) is 0.210. The highest BCUT2D eigenvalue weighted by Crippen LogP contribution is 2.40. The number of carbonyl (C=O) groups is 1. The second-order valence-corrected chi connectivity index (χ2v) is 9.06. The van der Waals surface area contributed by atoms with E-state index in [1.807, 2.05) is 4.90 Å². The summed E-state index contributed by atoms with van der Waals surface area (Å²) >= 11 is 0. The van der Waals surface area contributed by atoms with Gasteiger partial charge < -0.3 is 9.88 Å². The number of carbonyl (C=O) groups excluding carboxylic acids is 1. The largest absolute Gasteiger partial charge is 0.361 e. The summed E-state index contributed by atoms with van der Waals surface area (Å²) in [4.78, 5) is 20.6. The zero-order chi connectivity index (χ0) is 21.1. The molecule has 0 bridgehead atoms. The van der Waals surface area contributed by atoms with Gasteiger partial charge in [-0.25, -0.2) is 0 Å². The van der Waals surface area contributed by atoms with E-state index in [-0.39, 0.29) is 11.8 Å². The number of nitrogens with zero attached hydrogens (tertiary/aromatic N) is 2. The summed E-state index contributed by atoms with van der Waals surface area (Å²) < 4.78 is 0. The fourth-order valence-electron chi connectivity index (χ4n) is 5.44. The van der Waals surface area contributed by atoms with Crippen molar-refractivity contribution in [3.05, 3.63) is 41.6 Å². The first-order valence-corrected chi connectivity index (χ1v) is 11.9. The fourth-order valence-corrected chi connectivity index (χ4v) is 5.44. The van der Waals surface area contributed by atoms with E-state index >= 15 is 0 Å². The van der Waals surface area contributed by atoms with Crippen LogP contribution >= 0.6 is 0 Å². The van der Waals surface area contributed by atoms with Gasteiger partial charge in [-0.2, -0.15) is 0 Å². The van der Waals surface area contributed by atoms with Gasteiger partial charge in [-0.15, -0.1) is 0 Å². The maximum absolute atomic E-state index is 12.9. The van der Waals surface area contributed by atoms with E-state index in [1.165, 1.54) is 66.1 Å². The number of hydrogen-bond acceptors (Lipinski definition) is 2. The minimum absolute atomic E-state index is 0.0445. The summed E-state index contributed by atoms with van der Waals surface area (Å²) in [7, 11) is 2.15. The molecule has 2 aliphatic carbocycles. The number of nitrogens with one attached hydrogen (secondary N) is 1. The van der Waals surface area contributed by atoms with Crippen LogP contribution in [-0.4, -0.2) is 53.4 Å². The van der Waals surface area contributed by atoms with Crippen molar-refractivity contribution < 1.29 is 4.79 Å². The molecule has 30 heavy (non-hydrogen) atoms. The quantitative estimate of drug-likeness (QED) is 0.755. The zero-order valence-electron chi connectivity index (χ0n) is 18.9. The molecular weight excluding hydrogens is 370 g/mol. The Hall–Kier alpha value is -2.07. The van der Waals surface area contributed by atoms with Crippen molar-refractivity contribution in [2.45, 2.75) is 64.8 Å². The average molecular weight is 408 g/mol. The number of H-pyrrole nitrogens is 1. The van der Waals surface area contributed by atoms with Gasteiger partial charge >= 0.3 is 0 Å². The maximum atomic E-state index is 12.9. The Morgan fingerprint density at radius 2 is 1.77 bits per heavy atom. The second kappa shape index (κ2) is 9.38. The smallest absolute Gasteiger partial charge is 0.230 e. The van der Waals surface area contributed by atoms with Gasteiger partial charge in [0.15, 0.2) is 0 Å². The van der Waals surface area contributed by atoms with Gasteiger partial charge in [0.2, 0.25) is 5.91 Å². The van der Waals surface area contributed by atoms with E-state index in [4.69, 9.17) is 0 Å². The lowest BCUT2D eigenvalue weighted by atomic mass is 9.79. The molecule has 1 saturated carbocycles. The molecule has 0 saturated heterocycles. The van der Waals surface area contributed by atoms with Crippen molar-refractivity contribution in [3.63, 3.8) is 0 Å². The van der Waals surface area contributed by atoms with Crippen LogP contribution in [0.25, 0.3) is 16.5 Å². The molecule has 4 heteroatoms. The Labute approximate surface area is 181 Å². The summed E-state index contributed by atoms with van der Waals surface area (Å²) in [5, 5.41) is 1.34. The highest BCUT2D eigenvalue weighted by atomic mass is 16.2. The highest BCUT2D eigenvalue weighted by molar-refractivity contribution is 5.99. The van der Waals surface area contributed by atoms with Crippen LogP contribution in [0.1, 0.15) is 63.5 Å². The molecule has 1 N–H and O–H groups in total. The SMILES string of the molecule is C1CCCCC1.CCN(CC)C(=O)[C@@H]1C=C2c3cccc4[nH]cc(c34)C[C@H]2N(C)C1. The van der Waals surface area contributed by atoms with Crippen molar-refractivity contribution >= 4 is 22.4 Å². The number of aromatic nitrogens is 1. The first-order chi connectivity index (χ1) is 14.6. The van der Waals surface area contributed by atoms with Crippen LogP contribution in [0.2, 0.25) is 0 Å². The van der Waals surface area contributed by atoms with Crippen LogP contribution < -0.4 is 0 Å². The molecule has 1 aliphatic heterocycles. The van der Waals surface area contributed by atoms with Crippen molar-refractivity contribution in [1.29, 1.82) is 0 Å². The van der Waals surface area contributed by atoms with Gasteiger partial charge in [0.1, 0.15) is 0 Å². The lowest BCUT2D eigenvalue weighted by molar-refractivity contribution is -0.134. The average Bonchev–Trinajstić information content (AvgIpc) is 3.21. The van der Waals surface area contributed by atoms with Gasteiger partial charge in [-0.3, -0.25) is 9.69 Å². The highest BCUT2D eigenvalue weighted by Gasteiger charge is 2.36. The summed E-state index contributed by atoms with van der Waals surface area (Å²) in [6.45, 7) is 6.47. The van der Waals surface area contributed by atoms with Crippen LogP contribution in [0.4, 0.5) is 0 Å². The molecule has 0 radical (unpaired) electrons. The molecular formula is C26H37N3O. The van der Waals surface area contributed by atoms with Crippen molar-refractivity contribution in [2.24, 2.45) is 5.92 Å². The van der Waals surface area contributed by atoms with E-state index < -0.39 is 0 Å². The van der Waals surface area contributed by atoms with Gasteiger partial charge in [0, 0.05) is 42.8 Å². The first kappa shape index (κ1) is 21.2. The maximum Gasteiger partial charge on any atom is 0.230 e.